The van der Waals surface area contributed by atoms with Gasteiger partial charge >= 0.3 is 12.2 Å². The minimum absolute atomic E-state index is 0.0311. The largest absolute Gasteiger partial charge is 0.416 e. The molecule has 3 heterocycles. The van der Waals surface area contributed by atoms with Crippen molar-refractivity contribution >= 4 is 23.0 Å². The van der Waals surface area contributed by atoms with Crippen LogP contribution in [0.4, 0.5) is 18.0 Å². The molecular formula is C17H13F3N6O3. The molecule has 2 aromatic heterocycles. The molecule has 1 aliphatic heterocycles. The van der Waals surface area contributed by atoms with Crippen molar-refractivity contribution in [2.75, 3.05) is 13.1 Å². The van der Waals surface area contributed by atoms with Crippen molar-refractivity contribution in [2.45, 2.75) is 12.7 Å². The number of carbonyl (C=O) groups is 2. The molecule has 0 unspecified atom stereocenters. The van der Waals surface area contributed by atoms with E-state index in [1.54, 1.807) is 0 Å². The minimum Gasteiger partial charge on any atom is -0.336 e. The first kappa shape index (κ1) is 18.7. The van der Waals surface area contributed by atoms with Crippen molar-refractivity contribution in [1.29, 1.82) is 0 Å². The molecule has 1 aromatic carbocycles. The average Bonchev–Trinajstić information content (AvgIpc) is 3.30. The van der Waals surface area contributed by atoms with Gasteiger partial charge in [0, 0.05) is 13.1 Å². The Hall–Kier alpha value is -3.70. The van der Waals surface area contributed by atoms with E-state index < -0.39 is 35.8 Å². The first-order valence-electron chi connectivity index (χ1n) is 8.45. The van der Waals surface area contributed by atoms with E-state index in [4.69, 9.17) is 0 Å². The molecule has 0 aliphatic carbocycles. The van der Waals surface area contributed by atoms with Crippen LogP contribution in [0.15, 0.2) is 41.6 Å². The molecule has 0 spiro atoms. The van der Waals surface area contributed by atoms with Crippen molar-refractivity contribution in [3.63, 3.8) is 0 Å². The molecule has 0 radical (unpaired) electrons. The Balaban J connectivity index is 1.69. The van der Waals surface area contributed by atoms with Gasteiger partial charge < -0.3 is 5.32 Å². The SMILES string of the molecule is O=C(Cn1cnc2c(cnn2-c2cccc(C(F)(F)F)c2)c1=O)N1CCNC1=O. The lowest BCUT2D eigenvalue weighted by Gasteiger charge is -2.13. The van der Waals surface area contributed by atoms with Crippen LogP contribution < -0.4 is 10.9 Å². The maximum Gasteiger partial charge on any atom is 0.416 e. The van der Waals surface area contributed by atoms with Crippen LogP contribution in [0, 0.1) is 0 Å². The van der Waals surface area contributed by atoms with E-state index in [-0.39, 0.29) is 23.3 Å². The lowest BCUT2D eigenvalue weighted by Crippen LogP contribution is -2.38. The van der Waals surface area contributed by atoms with Gasteiger partial charge in [0.1, 0.15) is 18.3 Å². The van der Waals surface area contributed by atoms with Gasteiger partial charge in [0.15, 0.2) is 5.65 Å². The first-order chi connectivity index (χ1) is 13.8. The highest BCUT2D eigenvalue weighted by atomic mass is 19.4. The number of halogens is 3. The number of aromatic nitrogens is 4. The van der Waals surface area contributed by atoms with Crippen LogP contribution in [0.25, 0.3) is 16.7 Å². The zero-order valence-corrected chi connectivity index (χ0v) is 14.7. The summed E-state index contributed by atoms with van der Waals surface area (Å²) in [6, 6.07) is 3.93. The van der Waals surface area contributed by atoms with E-state index in [2.05, 4.69) is 15.4 Å². The quantitative estimate of drug-likeness (QED) is 0.703. The van der Waals surface area contributed by atoms with Gasteiger partial charge in [-0.1, -0.05) is 6.07 Å². The summed E-state index contributed by atoms with van der Waals surface area (Å²) in [6.45, 7) is 0.139. The zero-order valence-electron chi connectivity index (χ0n) is 14.7. The Bertz CT molecular complexity index is 1180. The van der Waals surface area contributed by atoms with Gasteiger partial charge in [-0.3, -0.25) is 19.1 Å². The van der Waals surface area contributed by atoms with Crippen molar-refractivity contribution in [3.8, 4) is 5.69 Å². The molecule has 0 bridgehead atoms. The standard InChI is InChI=1S/C17H13F3N6O3/c18-17(19,20)10-2-1-3-11(6-10)26-14-12(7-23-26)15(28)24(9-22-14)8-13(27)25-5-4-21-16(25)29/h1-3,6-7,9H,4-5,8H2,(H,21,29). The third kappa shape index (κ3) is 3.32. The van der Waals surface area contributed by atoms with Crippen LogP contribution in [0.1, 0.15) is 5.56 Å². The second kappa shape index (κ2) is 6.72. The second-order valence-corrected chi connectivity index (χ2v) is 6.30. The average molecular weight is 406 g/mol. The summed E-state index contributed by atoms with van der Waals surface area (Å²) < 4.78 is 41.0. The van der Waals surface area contributed by atoms with Crippen molar-refractivity contribution in [3.05, 3.63) is 52.7 Å². The molecule has 0 atom stereocenters. The summed E-state index contributed by atoms with van der Waals surface area (Å²) in [5, 5.41) is 6.49. The van der Waals surface area contributed by atoms with Gasteiger partial charge in [0.25, 0.3) is 11.5 Å². The highest BCUT2D eigenvalue weighted by Gasteiger charge is 2.31. The van der Waals surface area contributed by atoms with E-state index in [0.717, 1.165) is 32.6 Å². The van der Waals surface area contributed by atoms with Crippen LogP contribution >= 0.6 is 0 Å². The number of nitrogens with zero attached hydrogens (tertiary/aromatic N) is 5. The molecule has 1 fully saturated rings. The van der Waals surface area contributed by atoms with Gasteiger partial charge in [-0.2, -0.15) is 18.3 Å². The van der Waals surface area contributed by atoms with Crippen LogP contribution in [0.5, 0.6) is 0 Å². The third-order valence-electron chi connectivity index (χ3n) is 4.44. The Kier molecular flexibility index (Phi) is 4.32. The molecule has 1 aliphatic rings. The summed E-state index contributed by atoms with van der Waals surface area (Å²) in [4.78, 5) is 41.5. The zero-order chi connectivity index (χ0) is 20.8. The number of alkyl halides is 3. The molecule has 3 amide bonds. The first-order valence-corrected chi connectivity index (χ1v) is 8.45. The summed E-state index contributed by atoms with van der Waals surface area (Å²) in [6.07, 6.45) is -2.25. The number of hydrogen-bond acceptors (Lipinski definition) is 5. The number of rotatable bonds is 3. The summed E-state index contributed by atoms with van der Waals surface area (Å²) in [5.41, 5.74) is -1.32. The van der Waals surface area contributed by atoms with E-state index in [1.165, 1.54) is 18.3 Å². The highest BCUT2D eigenvalue weighted by Crippen LogP contribution is 2.30. The minimum atomic E-state index is -4.53. The fraction of sp³-hybridized carbons (Fsp3) is 0.235. The summed E-state index contributed by atoms with van der Waals surface area (Å²) in [7, 11) is 0. The van der Waals surface area contributed by atoms with Crippen LogP contribution in [-0.4, -0.2) is 49.3 Å². The number of fused-ring (bicyclic) bond motifs is 1. The fourth-order valence-corrected chi connectivity index (χ4v) is 3.00. The highest BCUT2D eigenvalue weighted by molar-refractivity contribution is 5.95. The van der Waals surface area contributed by atoms with Gasteiger partial charge in [0.05, 0.1) is 17.4 Å². The summed E-state index contributed by atoms with van der Waals surface area (Å²) in [5.74, 6) is -0.575. The predicted octanol–water partition coefficient (Wildman–Crippen LogP) is 1.15. The molecule has 3 aromatic rings. The molecule has 9 nitrogen and oxygen atoms in total. The van der Waals surface area contributed by atoms with Gasteiger partial charge in [0.2, 0.25) is 0 Å². The lowest BCUT2D eigenvalue weighted by atomic mass is 10.2. The molecule has 4 rings (SSSR count). The van der Waals surface area contributed by atoms with E-state index in [1.807, 2.05) is 0 Å². The number of imide groups is 1. The Labute approximate surface area is 160 Å². The van der Waals surface area contributed by atoms with Crippen molar-refractivity contribution in [1.82, 2.24) is 29.5 Å². The maximum atomic E-state index is 13.0. The lowest BCUT2D eigenvalue weighted by molar-refractivity contribution is -0.137. The predicted molar refractivity (Wildman–Crippen MR) is 93.2 cm³/mol. The normalized spacial score (nSPS) is 14.4. The van der Waals surface area contributed by atoms with E-state index >= 15 is 0 Å². The fourth-order valence-electron chi connectivity index (χ4n) is 3.00. The number of amides is 3. The van der Waals surface area contributed by atoms with Crippen LogP contribution in [0.2, 0.25) is 0 Å². The van der Waals surface area contributed by atoms with Crippen molar-refractivity contribution < 1.29 is 22.8 Å². The number of urea groups is 1. The third-order valence-corrected chi connectivity index (χ3v) is 4.44. The molecule has 0 saturated carbocycles. The van der Waals surface area contributed by atoms with Gasteiger partial charge in [-0.05, 0) is 18.2 Å². The smallest absolute Gasteiger partial charge is 0.336 e. The molecule has 1 N–H and O–H groups in total. The number of nitrogens with one attached hydrogen (secondary N) is 1. The summed E-state index contributed by atoms with van der Waals surface area (Å²) >= 11 is 0. The van der Waals surface area contributed by atoms with Crippen molar-refractivity contribution in [2.24, 2.45) is 0 Å². The molecular weight excluding hydrogens is 393 g/mol. The van der Waals surface area contributed by atoms with Crippen LogP contribution in [-0.2, 0) is 17.5 Å². The Morgan fingerprint density at radius 1 is 1.24 bits per heavy atom. The molecule has 1 saturated heterocycles. The Morgan fingerprint density at radius 2 is 2.03 bits per heavy atom. The van der Waals surface area contributed by atoms with Gasteiger partial charge in [-0.15, -0.1) is 0 Å². The molecule has 150 valence electrons. The van der Waals surface area contributed by atoms with Crippen LogP contribution in [0.3, 0.4) is 0 Å². The number of carbonyl (C=O) groups excluding carboxylic acids is 2. The topological polar surface area (TPSA) is 102 Å². The number of hydrogen-bond donors (Lipinski definition) is 1. The van der Waals surface area contributed by atoms with E-state index in [0.29, 0.717) is 6.54 Å². The maximum absolute atomic E-state index is 13.0. The monoisotopic (exact) mass is 406 g/mol. The second-order valence-electron chi connectivity index (χ2n) is 6.30. The van der Waals surface area contributed by atoms with E-state index in [9.17, 15) is 27.6 Å². The number of benzene rings is 1. The molecule has 12 heteroatoms. The molecule has 29 heavy (non-hydrogen) atoms. The van der Waals surface area contributed by atoms with Gasteiger partial charge in [-0.25, -0.2) is 14.5 Å². The Morgan fingerprint density at radius 3 is 2.72 bits per heavy atom.